The predicted molar refractivity (Wildman–Crippen MR) is 97.0 cm³/mol. The monoisotopic (exact) mass is 393 g/mol. The molecule has 0 radical (unpaired) electrons. The summed E-state index contributed by atoms with van der Waals surface area (Å²) in [7, 11) is -1.34. The van der Waals surface area contributed by atoms with E-state index in [1.165, 1.54) is 44.6 Å². The molecule has 0 amide bonds. The Kier molecular flexibility index (Phi) is 5.41. The van der Waals surface area contributed by atoms with E-state index in [1.54, 1.807) is 12.1 Å². The molecule has 0 unspecified atom stereocenters. The van der Waals surface area contributed by atoms with Crippen LogP contribution in [0.3, 0.4) is 0 Å². The Morgan fingerprint density at radius 2 is 1.70 bits per heavy atom. The van der Waals surface area contributed by atoms with E-state index in [-0.39, 0.29) is 10.6 Å². The van der Waals surface area contributed by atoms with Crippen LogP contribution in [0.5, 0.6) is 17.2 Å². The van der Waals surface area contributed by atoms with Gasteiger partial charge in [-0.25, -0.2) is 8.42 Å². The number of benzene rings is 2. The second kappa shape index (κ2) is 7.75. The summed E-state index contributed by atoms with van der Waals surface area (Å²) < 4.78 is 48.0. The van der Waals surface area contributed by atoms with Gasteiger partial charge in [0.1, 0.15) is 25.5 Å². The van der Waals surface area contributed by atoms with Gasteiger partial charge >= 0.3 is 5.97 Å². The molecule has 0 N–H and O–H groups in total. The number of ether oxygens (including phenoxy) is 4. The van der Waals surface area contributed by atoms with Crippen LogP contribution in [0, 0.1) is 0 Å². The summed E-state index contributed by atoms with van der Waals surface area (Å²) in [5, 5.41) is 0. The SMILES string of the molecule is COC(=O)CN(c1ccc2c(c1)OCCO2)S(=O)(=O)c1ccc(OC)cc1. The zero-order chi connectivity index (χ0) is 19.4. The number of sulfonamides is 1. The van der Waals surface area contributed by atoms with E-state index in [0.717, 1.165) is 4.31 Å². The van der Waals surface area contributed by atoms with Crippen LogP contribution in [0.25, 0.3) is 0 Å². The zero-order valence-corrected chi connectivity index (χ0v) is 15.7. The molecule has 2 aromatic rings. The zero-order valence-electron chi connectivity index (χ0n) is 14.9. The molecule has 0 saturated carbocycles. The summed E-state index contributed by atoms with van der Waals surface area (Å²) in [5.41, 5.74) is 0.264. The Balaban J connectivity index is 2.03. The molecule has 1 heterocycles. The van der Waals surface area contributed by atoms with Crippen molar-refractivity contribution in [2.45, 2.75) is 4.90 Å². The molecule has 0 atom stereocenters. The molecule has 2 aromatic carbocycles. The lowest BCUT2D eigenvalue weighted by Gasteiger charge is -2.25. The van der Waals surface area contributed by atoms with Gasteiger partial charge in [-0.05, 0) is 36.4 Å². The van der Waals surface area contributed by atoms with Gasteiger partial charge in [-0.3, -0.25) is 9.10 Å². The molecule has 0 saturated heterocycles. The normalized spacial score (nSPS) is 13.0. The van der Waals surface area contributed by atoms with Crippen LogP contribution in [0.15, 0.2) is 47.4 Å². The van der Waals surface area contributed by atoms with Crippen LogP contribution in [-0.2, 0) is 19.6 Å². The lowest BCUT2D eigenvalue weighted by atomic mass is 10.2. The van der Waals surface area contributed by atoms with E-state index in [1.807, 2.05) is 0 Å². The van der Waals surface area contributed by atoms with Crippen molar-refractivity contribution in [2.75, 3.05) is 38.3 Å². The third-order valence-electron chi connectivity index (χ3n) is 3.96. The number of carbonyl (C=O) groups excluding carboxylic acids is 1. The van der Waals surface area contributed by atoms with Gasteiger partial charge in [-0.1, -0.05) is 0 Å². The Labute approximate surface area is 157 Å². The molecule has 0 fully saturated rings. The molecular formula is C18H19NO7S. The van der Waals surface area contributed by atoms with Gasteiger partial charge in [0.15, 0.2) is 11.5 Å². The molecule has 1 aliphatic rings. The van der Waals surface area contributed by atoms with Crippen molar-refractivity contribution in [3.8, 4) is 17.2 Å². The maximum atomic E-state index is 13.2. The number of anilines is 1. The summed E-state index contributed by atoms with van der Waals surface area (Å²) in [6.07, 6.45) is 0. The molecule has 0 spiro atoms. The highest BCUT2D eigenvalue weighted by atomic mass is 32.2. The summed E-state index contributed by atoms with van der Waals surface area (Å²) in [4.78, 5) is 11.9. The largest absolute Gasteiger partial charge is 0.497 e. The van der Waals surface area contributed by atoms with E-state index in [2.05, 4.69) is 4.74 Å². The van der Waals surface area contributed by atoms with Gasteiger partial charge in [0.25, 0.3) is 10.0 Å². The van der Waals surface area contributed by atoms with Gasteiger partial charge in [-0.2, -0.15) is 0 Å². The number of esters is 1. The topological polar surface area (TPSA) is 91.4 Å². The quantitative estimate of drug-likeness (QED) is 0.692. The number of methoxy groups -OCH3 is 2. The van der Waals surface area contributed by atoms with Crippen molar-refractivity contribution in [3.05, 3.63) is 42.5 Å². The first-order chi connectivity index (χ1) is 13.0. The highest BCUT2D eigenvalue weighted by Crippen LogP contribution is 2.35. The van der Waals surface area contributed by atoms with Crippen LogP contribution >= 0.6 is 0 Å². The second-order valence-electron chi connectivity index (χ2n) is 5.59. The van der Waals surface area contributed by atoms with E-state index in [0.29, 0.717) is 30.5 Å². The molecule has 144 valence electrons. The molecule has 1 aliphatic heterocycles. The Morgan fingerprint density at radius 3 is 2.33 bits per heavy atom. The van der Waals surface area contributed by atoms with E-state index in [4.69, 9.17) is 14.2 Å². The van der Waals surface area contributed by atoms with Crippen molar-refractivity contribution >= 4 is 21.7 Å². The maximum Gasteiger partial charge on any atom is 0.326 e. The minimum Gasteiger partial charge on any atom is -0.497 e. The smallest absolute Gasteiger partial charge is 0.326 e. The first kappa shape index (κ1) is 18.8. The van der Waals surface area contributed by atoms with Crippen LogP contribution in [-0.4, -0.2) is 48.4 Å². The van der Waals surface area contributed by atoms with Gasteiger partial charge in [0.2, 0.25) is 0 Å². The van der Waals surface area contributed by atoms with Crippen molar-refractivity contribution in [2.24, 2.45) is 0 Å². The van der Waals surface area contributed by atoms with Crippen molar-refractivity contribution < 1.29 is 32.2 Å². The number of carbonyl (C=O) groups is 1. The fraction of sp³-hybridized carbons (Fsp3) is 0.278. The van der Waals surface area contributed by atoms with Crippen molar-refractivity contribution in [3.63, 3.8) is 0 Å². The van der Waals surface area contributed by atoms with E-state index < -0.39 is 22.5 Å². The molecule has 0 bridgehead atoms. The highest BCUT2D eigenvalue weighted by Gasteiger charge is 2.29. The standard InChI is InChI=1S/C18H19NO7S/c1-23-14-4-6-15(7-5-14)27(21,22)19(12-18(20)24-2)13-3-8-16-17(11-13)26-10-9-25-16/h3-8,11H,9-10,12H2,1-2H3. The van der Waals surface area contributed by atoms with Crippen molar-refractivity contribution in [1.82, 2.24) is 0 Å². The third-order valence-corrected chi connectivity index (χ3v) is 5.75. The Bertz CT molecular complexity index is 925. The molecule has 27 heavy (non-hydrogen) atoms. The fourth-order valence-corrected chi connectivity index (χ4v) is 3.96. The average molecular weight is 393 g/mol. The van der Waals surface area contributed by atoms with Gasteiger partial charge in [-0.15, -0.1) is 0 Å². The van der Waals surface area contributed by atoms with E-state index >= 15 is 0 Å². The van der Waals surface area contributed by atoms with Gasteiger partial charge in [0.05, 0.1) is 24.8 Å². The molecule has 3 rings (SSSR count). The molecular weight excluding hydrogens is 374 g/mol. The molecule has 0 aliphatic carbocycles. The number of hydrogen-bond acceptors (Lipinski definition) is 7. The van der Waals surface area contributed by atoms with E-state index in [9.17, 15) is 13.2 Å². The minimum atomic E-state index is -4.03. The maximum absolute atomic E-state index is 13.2. The lowest BCUT2D eigenvalue weighted by molar-refractivity contribution is -0.138. The summed E-state index contributed by atoms with van der Waals surface area (Å²) in [6.45, 7) is 0.297. The van der Waals surface area contributed by atoms with Crippen LogP contribution in [0.4, 0.5) is 5.69 Å². The third kappa shape index (κ3) is 3.92. The first-order valence-electron chi connectivity index (χ1n) is 8.09. The van der Waals surface area contributed by atoms with Crippen LogP contribution < -0.4 is 18.5 Å². The number of nitrogens with zero attached hydrogens (tertiary/aromatic N) is 1. The summed E-state index contributed by atoms with van der Waals surface area (Å²) in [5.74, 6) is 0.762. The number of hydrogen-bond donors (Lipinski definition) is 0. The minimum absolute atomic E-state index is 0.0158. The second-order valence-corrected chi connectivity index (χ2v) is 7.45. The fourth-order valence-electron chi connectivity index (χ4n) is 2.56. The van der Waals surface area contributed by atoms with Gasteiger partial charge in [0, 0.05) is 6.07 Å². The summed E-state index contributed by atoms with van der Waals surface area (Å²) >= 11 is 0. The molecule has 0 aromatic heterocycles. The molecule has 9 heteroatoms. The lowest BCUT2D eigenvalue weighted by Crippen LogP contribution is -2.36. The predicted octanol–water partition coefficient (Wildman–Crippen LogP) is 1.83. The highest BCUT2D eigenvalue weighted by molar-refractivity contribution is 7.92. The number of rotatable bonds is 6. The number of fused-ring (bicyclic) bond motifs is 1. The van der Waals surface area contributed by atoms with Crippen LogP contribution in [0.2, 0.25) is 0 Å². The summed E-state index contributed by atoms with van der Waals surface area (Å²) in [6, 6.07) is 10.6. The Morgan fingerprint density at radius 1 is 1.04 bits per heavy atom. The van der Waals surface area contributed by atoms with Crippen molar-refractivity contribution in [1.29, 1.82) is 0 Å². The molecule has 8 nitrogen and oxygen atoms in total. The van der Waals surface area contributed by atoms with Gasteiger partial charge < -0.3 is 18.9 Å². The van der Waals surface area contributed by atoms with Crippen LogP contribution in [0.1, 0.15) is 0 Å². The average Bonchev–Trinajstić information content (AvgIpc) is 2.71. The first-order valence-corrected chi connectivity index (χ1v) is 9.53. The Hall–Kier alpha value is -2.94.